The third kappa shape index (κ3) is 5.24. The van der Waals surface area contributed by atoms with E-state index < -0.39 is 22.0 Å². The number of pyridine rings is 1. The molecule has 1 heterocycles. The molecular formula is C26H24N2O5S. The second-order valence-electron chi connectivity index (χ2n) is 7.75. The van der Waals surface area contributed by atoms with Gasteiger partial charge in [0, 0.05) is 17.1 Å². The van der Waals surface area contributed by atoms with Crippen molar-refractivity contribution in [1.29, 1.82) is 0 Å². The molecule has 0 aliphatic carbocycles. The second kappa shape index (κ2) is 10.0. The molecule has 1 atom stereocenters. The number of rotatable bonds is 9. The maximum absolute atomic E-state index is 12.5. The number of benzene rings is 3. The van der Waals surface area contributed by atoms with Crippen LogP contribution in [0.5, 0.6) is 5.75 Å². The number of aliphatic carboxylic acids is 1. The Morgan fingerprint density at radius 1 is 0.971 bits per heavy atom. The lowest BCUT2D eigenvalue weighted by Crippen LogP contribution is -2.40. The summed E-state index contributed by atoms with van der Waals surface area (Å²) in [6.07, 6.45) is 1.92. The topological polar surface area (TPSA) is 106 Å². The molecule has 0 saturated heterocycles. The number of hydrogen-bond donors (Lipinski definition) is 2. The van der Waals surface area contributed by atoms with Crippen molar-refractivity contribution in [2.75, 3.05) is 0 Å². The summed E-state index contributed by atoms with van der Waals surface area (Å²) in [5.74, 6) is -0.491. The third-order valence-electron chi connectivity index (χ3n) is 5.49. The molecule has 174 valence electrons. The van der Waals surface area contributed by atoms with E-state index in [1.807, 2.05) is 54.6 Å². The standard InChI is InChI=1S/C26H24N2O5S/c1-2-24(26(29)30)28-34(31,32)22-13-9-19(10-14-22)18-7-11-21(12-8-18)33-17-20-15-16-27-25-6-4-3-5-23(20)25/h3-16,24,28H,2,17H2,1H3,(H,29,30). The Bertz CT molecular complexity index is 1400. The summed E-state index contributed by atoms with van der Waals surface area (Å²) in [6, 6.07) is 22.5. The molecule has 0 saturated carbocycles. The summed E-state index contributed by atoms with van der Waals surface area (Å²) >= 11 is 0. The zero-order valence-corrected chi connectivity index (χ0v) is 19.3. The molecule has 34 heavy (non-hydrogen) atoms. The largest absolute Gasteiger partial charge is 0.489 e. The molecular weight excluding hydrogens is 452 g/mol. The first-order valence-electron chi connectivity index (χ1n) is 10.8. The number of nitrogens with zero attached hydrogens (tertiary/aromatic N) is 1. The molecule has 0 bridgehead atoms. The van der Waals surface area contributed by atoms with Crippen LogP contribution in [0, 0.1) is 0 Å². The van der Waals surface area contributed by atoms with Gasteiger partial charge in [-0.3, -0.25) is 9.78 Å². The van der Waals surface area contributed by atoms with Crippen LogP contribution in [0.4, 0.5) is 0 Å². The van der Waals surface area contributed by atoms with Crippen molar-refractivity contribution >= 4 is 26.9 Å². The minimum Gasteiger partial charge on any atom is -0.489 e. The van der Waals surface area contributed by atoms with Gasteiger partial charge in [-0.1, -0.05) is 49.4 Å². The fraction of sp³-hybridized carbons (Fsp3) is 0.154. The first-order chi connectivity index (χ1) is 16.4. The van der Waals surface area contributed by atoms with Gasteiger partial charge in [-0.2, -0.15) is 4.72 Å². The van der Waals surface area contributed by atoms with E-state index in [0.717, 1.165) is 27.6 Å². The fourth-order valence-electron chi connectivity index (χ4n) is 3.58. The van der Waals surface area contributed by atoms with Gasteiger partial charge >= 0.3 is 5.97 Å². The van der Waals surface area contributed by atoms with E-state index in [9.17, 15) is 13.2 Å². The van der Waals surface area contributed by atoms with Crippen LogP contribution in [-0.4, -0.2) is 30.5 Å². The van der Waals surface area contributed by atoms with Crippen molar-refractivity contribution in [2.45, 2.75) is 30.9 Å². The van der Waals surface area contributed by atoms with Crippen molar-refractivity contribution in [3.8, 4) is 16.9 Å². The Morgan fingerprint density at radius 2 is 1.62 bits per heavy atom. The maximum Gasteiger partial charge on any atom is 0.321 e. The molecule has 8 heteroatoms. The third-order valence-corrected chi connectivity index (χ3v) is 6.98. The molecule has 4 rings (SSSR count). The van der Waals surface area contributed by atoms with E-state index in [2.05, 4.69) is 9.71 Å². The molecule has 0 aliphatic rings. The van der Waals surface area contributed by atoms with Gasteiger partial charge in [-0.15, -0.1) is 0 Å². The Labute approximate surface area is 198 Å². The minimum absolute atomic E-state index is 0.0143. The quantitative estimate of drug-likeness (QED) is 0.365. The second-order valence-corrected chi connectivity index (χ2v) is 9.46. The number of carbonyl (C=O) groups is 1. The van der Waals surface area contributed by atoms with Gasteiger partial charge < -0.3 is 9.84 Å². The number of carboxylic acids is 1. The number of hydrogen-bond acceptors (Lipinski definition) is 5. The molecule has 0 spiro atoms. The summed E-state index contributed by atoms with van der Waals surface area (Å²) in [4.78, 5) is 15.5. The SMILES string of the molecule is CCC(NS(=O)(=O)c1ccc(-c2ccc(OCc3ccnc4ccccc34)cc2)cc1)C(=O)O. The van der Waals surface area contributed by atoms with Gasteiger partial charge in [-0.25, -0.2) is 8.42 Å². The normalized spacial score (nSPS) is 12.4. The summed E-state index contributed by atoms with van der Waals surface area (Å²) in [6.45, 7) is 2.02. The zero-order valence-electron chi connectivity index (χ0n) is 18.5. The molecule has 0 aliphatic heterocycles. The molecule has 0 radical (unpaired) electrons. The first-order valence-corrected chi connectivity index (χ1v) is 12.3. The van der Waals surface area contributed by atoms with Gasteiger partial charge in [0.25, 0.3) is 0 Å². The number of ether oxygens (including phenoxy) is 1. The predicted molar refractivity (Wildman–Crippen MR) is 130 cm³/mol. The van der Waals surface area contributed by atoms with E-state index >= 15 is 0 Å². The lowest BCUT2D eigenvalue weighted by Gasteiger charge is -2.13. The molecule has 2 N–H and O–H groups in total. The molecule has 3 aromatic carbocycles. The zero-order chi connectivity index (χ0) is 24.1. The van der Waals surface area contributed by atoms with E-state index in [1.54, 1.807) is 25.3 Å². The van der Waals surface area contributed by atoms with Crippen LogP contribution < -0.4 is 9.46 Å². The highest BCUT2D eigenvalue weighted by Crippen LogP contribution is 2.25. The van der Waals surface area contributed by atoms with Gasteiger partial charge in [0.1, 0.15) is 18.4 Å². The summed E-state index contributed by atoms with van der Waals surface area (Å²) < 4.78 is 33.1. The van der Waals surface area contributed by atoms with Crippen molar-refractivity contribution in [1.82, 2.24) is 9.71 Å². The Morgan fingerprint density at radius 3 is 2.26 bits per heavy atom. The van der Waals surface area contributed by atoms with Crippen molar-refractivity contribution in [2.24, 2.45) is 0 Å². The van der Waals surface area contributed by atoms with Crippen LogP contribution >= 0.6 is 0 Å². The number of carboxylic acid groups (broad SMARTS) is 1. The lowest BCUT2D eigenvalue weighted by atomic mass is 10.1. The summed E-state index contributed by atoms with van der Waals surface area (Å²) in [5.41, 5.74) is 3.70. The van der Waals surface area contributed by atoms with Crippen molar-refractivity contribution < 1.29 is 23.1 Å². The van der Waals surface area contributed by atoms with E-state index in [-0.39, 0.29) is 11.3 Å². The van der Waals surface area contributed by atoms with Crippen LogP contribution in [0.25, 0.3) is 22.0 Å². The Hall–Kier alpha value is -3.75. The smallest absolute Gasteiger partial charge is 0.321 e. The highest BCUT2D eigenvalue weighted by atomic mass is 32.2. The Kier molecular flexibility index (Phi) is 6.90. The molecule has 0 amide bonds. The highest BCUT2D eigenvalue weighted by Gasteiger charge is 2.23. The highest BCUT2D eigenvalue weighted by molar-refractivity contribution is 7.89. The van der Waals surface area contributed by atoms with Crippen molar-refractivity contribution in [3.05, 3.63) is 90.6 Å². The number of aromatic nitrogens is 1. The van der Waals surface area contributed by atoms with Crippen LogP contribution in [0.15, 0.2) is 90.0 Å². The molecule has 4 aromatic rings. The van der Waals surface area contributed by atoms with E-state index in [1.165, 1.54) is 12.1 Å². The molecule has 1 unspecified atom stereocenters. The fourth-order valence-corrected chi connectivity index (χ4v) is 4.85. The Balaban J connectivity index is 1.44. The van der Waals surface area contributed by atoms with Gasteiger partial charge in [-0.05, 0) is 53.9 Å². The lowest BCUT2D eigenvalue weighted by molar-refractivity contribution is -0.139. The minimum atomic E-state index is -3.93. The van der Waals surface area contributed by atoms with Crippen LogP contribution in [0.3, 0.4) is 0 Å². The molecule has 7 nitrogen and oxygen atoms in total. The maximum atomic E-state index is 12.5. The summed E-state index contributed by atoms with van der Waals surface area (Å²) in [5, 5.41) is 10.2. The van der Waals surface area contributed by atoms with Crippen LogP contribution in [-0.2, 0) is 21.4 Å². The summed E-state index contributed by atoms with van der Waals surface area (Å²) in [7, 11) is -3.93. The van der Waals surface area contributed by atoms with Gasteiger partial charge in [0.2, 0.25) is 10.0 Å². The average Bonchev–Trinajstić information content (AvgIpc) is 2.86. The number of sulfonamides is 1. The number of fused-ring (bicyclic) bond motifs is 1. The molecule has 1 aromatic heterocycles. The number of nitrogens with one attached hydrogen (secondary N) is 1. The van der Waals surface area contributed by atoms with E-state index in [4.69, 9.17) is 9.84 Å². The first kappa shape index (κ1) is 23.4. The van der Waals surface area contributed by atoms with Crippen LogP contribution in [0.1, 0.15) is 18.9 Å². The molecule has 0 fully saturated rings. The van der Waals surface area contributed by atoms with Gasteiger partial charge in [0.15, 0.2) is 0 Å². The van der Waals surface area contributed by atoms with Crippen LogP contribution in [0.2, 0.25) is 0 Å². The predicted octanol–water partition coefficient (Wildman–Crippen LogP) is 4.62. The van der Waals surface area contributed by atoms with E-state index in [0.29, 0.717) is 12.4 Å². The number of para-hydroxylation sites is 1. The monoisotopic (exact) mass is 476 g/mol. The van der Waals surface area contributed by atoms with Gasteiger partial charge in [0.05, 0.1) is 10.4 Å². The van der Waals surface area contributed by atoms with Crippen molar-refractivity contribution in [3.63, 3.8) is 0 Å². The average molecular weight is 477 g/mol.